The lowest BCUT2D eigenvalue weighted by molar-refractivity contribution is -0.114. The number of rotatable bonds is 5. The lowest BCUT2D eigenvalue weighted by atomic mass is 9.86. The molecule has 0 aliphatic heterocycles. The molecule has 0 fully saturated rings. The number of carbonyl (C=O) groups excluding carboxylic acids is 1. The molecule has 1 aliphatic rings. The SMILES string of the molecule is COc1ncc(Cl)cc1C1=CC(=O)CCCC(S)C(CCCO)CC1. The summed E-state index contributed by atoms with van der Waals surface area (Å²) in [6, 6.07) is 1.80. The van der Waals surface area contributed by atoms with Gasteiger partial charge >= 0.3 is 0 Å². The summed E-state index contributed by atoms with van der Waals surface area (Å²) >= 11 is 10.9. The maximum absolute atomic E-state index is 12.3. The Morgan fingerprint density at radius 3 is 2.92 bits per heavy atom. The molecule has 0 aromatic carbocycles. The number of hydrogen-bond acceptors (Lipinski definition) is 5. The van der Waals surface area contributed by atoms with Crippen LogP contribution in [-0.2, 0) is 4.79 Å². The monoisotopic (exact) mass is 383 g/mol. The van der Waals surface area contributed by atoms with E-state index in [4.69, 9.17) is 34.1 Å². The standard InChI is InChI=1S/C19H26ClNO3S/c1-24-19-17(11-15(20)12-21-19)14-8-7-13(4-3-9-22)18(25)6-2-5-16(23)10-14/h10-13,18,22,25H,2-9H2,1H3. The highest BCUT2D eigenvalue weighted by Gasteiger charge is 2.22. The summed E-state index contributed by atoms with van der Waals surface area (Å²) in [4.78, 5) is 16.5. The van der Waals surface area contributed by atoms with Crippen LogP contribution in [0.4, 0.5) is 0 Å². The molecule has 6 heteroatoms. The van der Waals surface area contributed by atoms with Crippen molar-refractivity contribution in [1.82, 2.24) is 4.98 Å². The number of aliphatic hydroxyl groups excluding tert-OH is 1. The van der Waals surface area contributed by atoms with Gasteiger partial charge in [0.15, 0.2) is 5.78 Å². The van der Waals surface area contributed by atoms with Gasteiger partial charge in [0, 0.05) is 30.0 Å². The van der Waals surface area contributed by atoms with Crippen molar-refractivity contribution in [3.8, 4) is 5.88 Å². The first-order valence-corrected chi connectivity index (χ1v) is 9.66. The number of nitrogens with zero attached hydrogens (tertiary/aromatic N) is 1. The Labute approximate surface area is 160 Å². The molecule has 1 N–H and O–H groups in total. The Balaban J connectivity index is 2.30. The number of pyridine rings is 1. The highest BCUT2D eigenvalue weighted by molar-refractivity contribution is 7.81. The summed E-state index contributed by atoms with van der Waals surface area (Å²) in [5.74, 6) is 1.01. The molecule has 138 valence electrons. The fraction of sp³-hybridized carbons (Fsp3) is 0.579. The van der Waals surface area contributed by atoms with Gasteiger partial charge in [-0.15, -0.1) is 0 Å². The first-order chi connectivity index (χ1) is 12.0. The van der Waals surface area contributed by atoms with Crippen molar-refractivity contribution in [2.24, 2.45) is 5.92 Å². The van der Waals surface area contributed by atoms with Gasteiger partial charge in [0.05, 0.1) is 12.1 Å². The van der Waals surface area contributed by atoms with Gasteiger partial charge in [-0.3, -0.25) is 4.79 Å². The molecule has 0 saturated carbocycles. The summed E-state index contributed by atoms with van der Waals surface area (Å²) in [6.45, 7) is 0.199. The molecular formula is C19H26ClNO3S. The summed E-state index contributed by atoms with van der Waals surface area (Å²) in [7, 11) is 1.57. The second-order valence-corrected chi connectivity index (χ2v) is 7.57. The first kappa shape index (κ1) is 20.3. The number of carbonyl (C=O) groups is 1. The zero-order chi connectivity index (χ0) is 18.2. The molecule has 0 radical (unpaired) electrons. The van der Waals surface area contributed by atoms with Crippen LogP contribution >= 0.6 is 24.2 Å². The molecule has 0 spiro atoms. The van der Waals surface area contributed by atoms with Crippen molar-refractivity contribution < 1.29 is 14.6 Å². The molecule has 1 aromatic heterocycles. The summed E-state index contributed by atoms with van der Waals surface area (Å²) in [5, 5.41) is 9.92. The molecule has 0 saturated heterocycles. The van der Waals surface area contributed by atoms with E-state index in [-0.39, 0.29) is 17.6 Å². The van der Waals surface area contributed by atoms with E-state index in [1.54, 1.807) is 25.4 Å². The van der Waals surface area contributed by atoms with Gasteiger partial charge < -0.3 is 9.84 Å². The van der Waals surface area contributed by atoms with Crippen molar-refractivity contribution in [2.45, 2.75) is 50.2 Å². The molecule has 1 aromatic rings. The largest absolute Gasteiger partial charge is 0.481 e. The average molecular weight is 384 g/mol. The Morgan fingerprint density at radius 2 is 2.20 bits per heavy atom. The van der Waals surface area contributed by atoms with Crippen LogP contribution < -0.4 is 4.74 Å². The molecule has 0 amide bonds. The van der Waals surface area contributed by atoms with E-state index in [2.05, 4.69) is 4.98 Å². The lowest BCUT2D eigenvalue weighted by Crippen LogP contribution is -2.17. The number of halogens is 1. The molecule has 2 rings (SSSR count). The van der Waals surface area contributed by atoms with Gasteiger partial charge in [-0.05, 0) is 62.2 Å². The number of methoxy groups -OCH3 is 1. The Bertz CT molecular complexity index is 621. The second kappa shape index (κ2) is 10.2. The van der Waals surface area contributed by atoms with Crippen LogP contribution in [0.5, 0.6) is 5.88 Å². The van der Waals surface area contributed by atoms with E-state index in [1.807, 2.05) is 0 Å². The number of ether oxygens (including phenoxy) is 1. The quantitative estimate of drug-likeness (QED) is 0.742. The second-order valence-electron chi connectivity index (χ2n) is 6.47. The summed E-state index contributed by atoms with van der Waals surface area (Å²) in [6.07, 6.45) is 8.90. The zero-order valence-electron chi connectivity index (χ0n) is 14.6. The van der Waals surface area contributed by atoms with Crippen LogP contribution in [0.25, 0.3) is 5.57 Å². The van der Waals surface area contributed by atoms with E-state index in [0.29, 0.717) is 23.2 Å². The molecule has 0 bridgehead atoms. The number of hydrogen-bond donors (Lipinski definition) is 2. The minimum Gasteiger partial charge on any atom is -0.481 e. The zero-order valence-corrected chi connectivity index (χ0v) is 16.2. The van der Waals surface area contributed by atoms with Crippen molar-refractivity contribution in [3.05, 3.63) is 28.9 Å². The van der Waals surface area contributed by atoms with E-state index in [9.17, 15) is 4.79 Å². The van der Waals surface area contributed by atoms with Gasteiger partial charge in [-0.2, -0.15) is 12.6 Å². The maximum atomic E-state index is 12.3. The molecule has 2 unspecified atom stereocenters. The number of allylic oxidation sites excluding steroid dienone is 2. The van der Waals surface area contributed by atoms with Crippen LogP contribution in [-0.4, -0.2) is 34.8 Å². The van der Waals surface area contributed by atoms with Crippen LogP contribution in [0.1, 0.15) is 50.5 Å². The number of aromatic nitrogens is 1. The van der Waals surface area contributed by atoms with Crippen LogP contribution in [0.15, 0.2) is 18.3 Å². The van der Waals surface area contributed by atoms with Crippen molar-refractivity contribution in [3.63, 3.8) is 0 Å². The van der Waals surface area contributed by atoms with Crippen molar-refractivity contribution >= 4 is 35.6 Å². The third-order valence-corrected chi connectivity index (χ3v) is 5.56. The number of ketones is 1. The fourth-order valence-corrected chi connectivity index (χ4v) is 3.95. The fourth-order valence-electron chi connectivity index (χ4n) is 3.32. The van der Waals surface area contributed by atoms with Crippen LogP contribution in [0, 0.1) is 5.92 Å². The topological polar surface area (TPSA) is 59.4 Å². The highest BCUT2D eigenvalue weighted by atomic mass is 35.5. The lowest BCUT2D eigenvalue weighted by Gasteiger charge is -2.25. The van der Waals surface area contributed by atoms with Gasteiger partial charge in [0.25, 0.3) is 0 Å². The summed E-state index contributed by atoms with van der Waals surface area (Å²) in [5.41, 5.74) is 1.69. The van der Waals surface area contributed by atoms with E-state index in [0.717, 1.165) is 49.7 Å². The van der Waals surface area contributed by atoms with Gasteiger partial charge in [0.1, 0.15) is 0 Å². The predicted molar refractivity (Wildman–Crippen MR) is 104 cm³/mol. The predicted octanol–water partition coefficient (Wildman–Crippen LogP) is 4.35. The summed E-state index contributed by atoms with van der Waals surface area (Å²) < 4.78 is 5.36. The van der Waals surface area contributed by atoms with Gasteiger partial charge in [-0.25, -0.2) is 4.98 Å². The third-order valence-electron chi connectivity index (χ3n) is 4.68. The Hall–Kier alpha value is -1.04. The molecule has 2 atom stereocenters. The average Bonchev–Trinajstić information content (AvgIpc) is 2.60. The van der Waals surface area contributed by atoms with Crippen molar-refractivity contribution in [2.75, 3.05) is 13.7 Å². The molecular weight excluding hydrogens is 358 g/mol. The molecule has 1 heterocycles. The van der Waals surface area contributed by atoms with Crippen molar-refractivity contribution in [1.29, 1.82) is 0 Å². The molecule has 25 heavy (non-hydrogen) atoms. The van der Waals surface area contributed by atoms with E-state index in [1.165, 1.54) is 0 Å². The Kier molecular flexibility index (Phi) is 8.27. The van der Waals surface area contributed by atoms with E-state index >= 15 is 0 Å². The minimum absolute atomic E-state index is 0.117. The maximum Gasteiger partial charge on any atom is 0.220 e. The van der Waals surface area contributed by atoms with E-state index < -0.39 is 0 Å². The Morgan fingerprint density at radius 1 is 1.40 bits per heavy atom. The minimum atomic E-state index is 0.117. The van der Waals surface area contributed by atoms with Crippen LogP contribution in [0.3, 0.4) is 0 Å². The third kappa shape index (κ3) is 6.01. The van der Waals surface area contributed by atoms with Gasteiger partial charge in [0.2, 0.25) is 5.88 Å². The number of thiol groups is 1. The number of aliphatic hydroxyl groups is 1. The smallest absolute Gasteiger partial charge is 0.220 e. The van der Waals surface area contributed by atoms with Gasteiger partial charge in [-0.1, -0.05) is 11.6 Å². The first-order valence-electron chi connectivity index (χ1n) is 8.77. The normalized spacial score (nSPS) is 22.4. The molecule has 1 aliphatic carbocycles. The van der Waals surface area contributed by atoms with Crippen LogP contribution in [0.2, 0.25) is 5.02 Å². The highest BCUT2D eigenvalue weighted by Crippen LogP contribution is 2.34. The molecule has 4 nitrogen and oxygen atoms in total.